The Morgan fingerprint density at radius 3 is 3.06 bits per heavy atom. The number of aliphatic hydroxyl groups is 1. The number of likely N-dealkylation sites (tertiary alicyclic amines) is 1. The van der Waals surface area contributed by atoms with E-state index >= 15 is 0 Å². The van der Waals surface area contributed by atoms with E-state index in [1.807, 2.05) is 0 Å². The van der Waals surface area contributed by atoms with Crippen molar-refractivity contribution in [3.8, 4) is 0 Å². The Morgan fingerprint density at radius 1 is 1.62 bits per heavy atom. The summed E-state index contributed by atoms with van der Waals surface area (Å²) < 4.78 is 0. The molecule has 1 aromatic heterocycles. The molecule has 86 valence electrons. The molecule has 1 N–H and O–H groups in total. The van der Waals surface area contributed by atoms with E-state index < -0.39 is 0 Å². The molecule has 0 radical (unpaired) electrons. The molecule has 2 rings (SSSR count). The molecule has 0 aliphatic carbocycles. The van der Waals surface area contributed by atoms with Crippen LogP contribution in [0.1, 0.15) is 23.3 Å². The summed E-state index contributed by atoms with van der Waals surface area (Å²) in [6.45, 7) is 0.702. The molecule has 1 aliphatic rings. The van der Waals surface area contributed by atoms with Crippen molar-refractivity contribution >= 4 is 17.5 Å². The highest BCUT2D eigenvalue weighted by atomic mass is 35.5. The highest BCUT2D eigenvalue weighted by Gasteiger charge is 2.29. The van der Waals surface area contributed by atoms with Crippen LogP contribution in [0.15, 0.2) is 18.3 Å². The monoisotopic (exact) mass is 240 g/mol. The van der Waals surface area contributed by atoms with Crippen molar-refractivity contribution in [2.24, 2.45) is 0 Å². The van der Waals surface area contributed by atoms with Crippen molar-refractivity contribution in [3.63, 3.8) is 0 Å². The molecule has 1 amide bonds. The third kappa shape index (κ3) is 2.18. The van der Waals surface area contributed by atoms with Crippen molar-refractivity contribution < 1.29 is 9.90 Å². The van der Waals surface area contributed by atoms with Gasteiger partial charge in [0.15, 0.2) is 0 Å². The normalized spacial score (nSPS) is 20.1. The van der Waals surface area contributed by atoms with Crippen LogP contribution < -0.4 is 0 Å². The van der Waals surface area contributed by atoms with E-state index in [9.17, 15) is 4.79 Å². The molecule has 0 unspecified atom stereocenters. The maximum absolute atomic E-state index is 12.0. The van der Waals surface area contributed by atoms with Gasteiger partial charge < -0.3 is 10.0 Å². The predicted octanol–water partition coefficient (Wildman–Crippen LogP) is 1.33. The molecule has 4 nitrogen and oxygen atoms in total. The van der Waals surface area contributed by atoms with Crippen molar-refractivity contribution in [1.82, 2.24) is 9.88 Å². The predicted molar refractivity (Wildman–Crippen MR) is 60.4 cm³/mol. The molecule has 1 aromatic rings. The minimum absolute atomic E-state index is 0.0132. The first-order valence-electron chi connectivity index (χ1n) is 5.26. The van der Waals surface area contributed by atoms with E-state index in [0.717, 1.165) is 12.8 Å². The lowest BCUT2D eigenvalue weighted by Crippen LogP contribution is -2.37. The fraction of sp³-hybridized carbons (Fsp3) is 0.455. The third-order valence-corrected chi connectivity index (χ3v) is 3.02. The lowest BCUT2D eigenvalue weighted by molar-refractivity contribution is 0.0672. The summed E-state index contributed by atoms with van der Waals surface area (Å²) in [6, 6.07) is 3.19. The number of pyridine rings is 1. The molecule has 0 saturated carbocycles. The maximum Gasteiger partial charge on any atom is 0.272 e. The van der Waals surface area contributed by atoms with Crippen LogP contribution in [0, 0.1) is 0 Å². The van der Waals surface area contributed by atoms with Gasteiger partial charge in [-0.15, -0.1) is 0 Å². The molecular formula is C11H13ClN2O2. The van der Waals surface area contributed by atoms with Crippen LogP contribution in [-0.4, -0.2) is 40.1 Å². The van der Waals surface area contributed by atoms with Crippen molar-refractivity contribution in [1.29, 1.82) is 0 Å². The van der Waals surface area contributed by atoms with Crippen molar-refractivity contribution in [3.05, 3.63) is 29.0 Å². The zero-order chi connectivity index (χ0) is 11.5. The van der Waals surface area contributed by atoms with E-state index in [4.69, 9.17) is 16.7 Å². The Morgan fingerprint density at radius 2 is 2.44 bits per heavy atom. The van der Waals surface area contributed by atoms with E-state index in [-0.39, 0.29) is 18.6 Å². The summed E-state index contributed by atoms with van der Waals surface area (Å²) in [6.07, 6.45) is 3.25. The molecule has 16 heavy (non-hydrogen) atoms. The largest absolute Gasteiger partial charge is 0.394 e. The zero-order valence-corrected chi connectivity index (χ0v) is 9.52. The van der Waals surface area contributed by atoms with Gasteiger partial charge in [0.05, 0.1) is 17.7 Å². The number of aliphatic hydroxyl groups excluding tert-OH is 1. The molecule has 1 atom stereocenters. The quantitative estimate of drug-likeness (QED) is 0.849. The van der Waals surface area contributed by atoms with Crippen molar-refractivity contribution in [2.75, 3.05) is 13.2 Å². The number of amides is 1. The molecule has 1 fully saturated rings. The van der Waals surface area contributed by atoms with Gasteiger partial charge in [-0.1, -0.05) is 11.6 Å². The number of rotatable bonds is 2. The van der Waals surface area contributed by atoms with Gasteiger partial charge in [-0.05, 0) is 25.0 Å². The SMILES string of the molecule is O=C(c1ccc(Cl)cn1)N1CCC[C@@H]1CO. The van der Waals surface area contributed by atoms with Crippen LogP contribution >= 0.6 is 11.6 Å². The van der Waals surface area contributed by atoms with E-state index in [1.165, 1.54) is 6.20 Å². The van der Waals surface area contributed by atoms with Crippen LogP contribution in [0.5, 0.6) is 0 Å². The number of hydrogen-bond donors (Lipinski definition) is 1. The summed E-state index contributed by atoms with van der Waals surface area (Å²) in [5.41, 5.74) is 0.379. The summed E-state index contributed by atoms with van der Waals surface area (Å²) in [4.78, 5) is 17.7. The van der Waals surface area contributed by atoms with Crippen LogP contribution in [0.25, 0.3) is 0 Å². The summed E-state index contributed by atoms with van der Waals surface area (Å²) in [5, 5.41) is 9.65. The second kappa shape index (κ2) is 4.80. The number of hydrogen-bond acceptors (Lipinski definition) is 3. The lowest BCUT2D eigenvalue weighted by atomic mass is 10.2. The third-order valence-electron chi connectivity index (χ3n) is 2.80. The summed E-state index contributed by atoms with van der Waals surface area (Å²) in [5.74, 6) is -0.131. The van der Waals surface area contributed by atoms with Crippen LogP contribution in [0.2, 0.25) is 5.02 Å². The average Bonchev–Trinajstić information content (AvgIpc) is 2.77. The van der Waals surface area contributed by atoms with Gasteiger partial charge in [-0.25, -0.2) is 4.98 Å². The van der Waals surface area contributed by atoms with Gasteiger partial charge in [0.2, 0.25) is 0 Å². The summed E-state index contributed by atoms with van der Waals surface area (Å²) >= 11 is 5.70. The lowest BCUT2D eigenvalue weighted by Gasteiger charge is -2.22. The summed E-state index contributed by atoms with van der Waals surface area (Å²) in [7, 11) is 0. The van der Waals surface area contributed by atoms with E-state index in [0.29, 0.717) is 17.3 Å². The fourth-order valence-electron chi connectivity index (χ4n) is 1.94. The highest BCUT2D eigenvalue weighted by Crippen LogP contribution is 2.19. The molecule has 0 bridgehead atoms. The Balaban J connectivity index is 2.15. The second-order valence-corrected chi connectivity index (χ2v) is 4.28. The molecule has 0 spiro atoms. The van der Waals surface area contributed by atoms with Crippen LogP contribution in [0.3, 0.4) is 0 Å². The molecule has 0 aromatic carbocycles. The fourth-order valence-corrected chi connectivity index (χ4v) is 2.05. The minimum atomic E-state index is -0.131. The Labute approximate surface area is 98.9 Å². The second-order valence-electron chi connectivity index (χ2n) is 3.84. The van der Waals surface area contributed by atoms with Crippen molar-refractivity contribution in [2.45, 2.75) is 18.9 Å². The van der Waals surface area contributed by atoms with Gasteiger partial charge in [0.1, 0.15) is 5.69 Å². The number of nitrogens with zero attached hydrogens (tertiary/aromatic N) is 2. The van der Waals surface area contributed by atoms with Gasteiger partial charge in [-0.2, -0.15) is 0 Å². The first-order valence-corrected chi connectivity index (χ1v) is 5.63. The van der Waals surface area contributed by atoms with Gasteiger partial charge in [-0.3, -0.25) is 4.79 Å². The van der Waals surface area contributed by atoms with Gasteiger partial charge in [0, 0.05) is 12.7 Å². The first kappa shape index (κ1) is 11.4. The topological polar surface area (TPSA) is 53.4 Å². The molecule has 5 heteroatoms. The first-order chi connectivity index (χ1) is 7.72. The average molecular weight is 241 g/mol. The number of halogens is 1. The molecule has 1 saturated heterocycles. The number of carbonyl (C=O) groups is 1. The van der Waals surface area contributed by atoms with Crippen LogP contribution in [0.4, 0.5) is 0 Å². The molecule has 1 aliphatic heterocycles. The van der Waals surface area contributed by atoms with Crippen LogP contribution in [-0.2, 0) is 0 Å². The number of carbonyl (C=O) groups excluding carboxylic acids is 1. The van der Waals surface area contributed by atoms with Gasteiger partial charge >= 0.3 is 0 Å². The van der Waals surface area contributed by atoms with E-state index in [2.05, 4.69) is 4.98 Å². The smallest absolute Gasteiger partial charge is 0.272 e. The van der Waals surface area contributed by atoms with E-state index in [1.54, 1.807) is 17.0 Å². The number of aromatic nitrogens is 1. The molecular weight excluding hydrogens is 228 g/mol. The Hall–Kier alpha value is -1.13. The maximum atomic E-state index is 12.0. The highest BCUT2D eigenvalue weighted by molar-refractivity contribution is 6.30. The Bertz CT molecular complexity index is 380. The van der Waals surface area contributed by atoms with Gasteiger partial charge in [0.25, 0.3) is 5.91 Å². The Kier molecular flexibility index (Phi) is 3.41. The zero-order valence-electron chi connectivity index (χ0n) is 8.77. The molecule has 2 heterocycles. The minimum Gasteiger partial charge on any atom is -0.394 e. The standard InChI is InChI=1S/C11H13ClN2O2/c12-8-3-4-10(13-6-8)11(16)14-5-1-2-9(14)7-15/h3-4,6,9,15H,1-2,5,7H2/t9-/m1/s1.